The zero-order valence-corrected chi connectivity index (χ0v) is 12.0. The Morgan fingerprint density at radius 3 is 2.55 bits per heavy atom. The van der Waals surface area contributed by atoms with Crippen LogP contribution in [-0.4, -0.2) is 17.4 Å². The Kier molecular flexibility index (Phi) is 3.17. The van der Waals surface area contributed by atoms with Crippen molar-refractivity contribution in [1.29, 1.82) is 0 Å². The number of carbonyl (C=O) groups is 1. The van der Waals surface area contributed by atoms with Crippen molar-refractivity contribution >= 4 is 6.29 Å². The van der Waals surface area contributed by atoms with E-state index in [1.165, 1.54) is 31.4 Å². The van der Waals surface area contributed by atoms with E-state index in [2.05, 4.69) is 4.98 Å². The molecule has 4 rings (SSSR count). The maximum absolute atomic E-state index is 13.0. The Hall–Kier alpha value is -2.23. The smallest absolute Gasteiger partial charge is 0.214 e. The Morgan fingerprint density at radius 2 is 1.86 bits per heavy atom. The highest BCUT2D eigenvalue weighted by molar-refractivity contribution is 5.78. The van der Waals surface area contributed by atoms with Gasteiger partial charge in [-0.1, -0.05) is 6.42 Å². The van der Waals surface area contributed by atoms with E-state index in [0.29, 0.717) is 29.0 Å². The zero-order valence-electron chi connectivity index (χ0n) is 12.0. The van der Waals surface area contributed by atoms with Crippen LogP contribution in [0.5, 0.6) is 5.88 Å². The summed E-state index contributed by atoms with van der Waals surface area (Å²) in [6, 6.07) is 9.45. The van der Waals surface area contributed by atoms with Gasteiger partial charge in [0.15, 0.2) is 0 Å². The van der Waals surface area contributed by atoms with Crippen LogP contribution in [0.1, 0.15) is 29.6 Å². The molecule has 0 radical (unpaired) electrons. The quantitative estimate of drug-likeness (QED) is 0.804. The third kappa shape index (κ3) is 2.39. The van der Waals surface area contributed by atoms with E-state index in [1.807, 2.05) is 0 Å². The van der Waals surface area contributed by atoms with Gasteiger partial charge in [-0.2, -0.15) is 0 Å². The van der Waals surface area contributed by atoms with Gasteiger partial charge in [0.2, 0.25) is 5.88 Å². The number of aldehydes is 1. The van der Waals surface area contributed by atoms with Gasteiger partial charge in [0.1, 0.15) is 18.2 Å². The molecule has 2 aliphatic rings. The number of fused-ring (bicyclic) bond motifs is 1. The van der Waals surface area contributed by atoms with Crippen LogP contribution in [0.15, 0.2) is 36.4 Å². The molecule has 2 fully saturated rings. The number of carbonyl (C=O) groups excluding carboxylic acids is 1. The normalized spacial score (nSPS) is 25.6. The van der Waals surface area contributed by atoms with Crippen LogP contribution >= 0.6 is 0 Å². The van der Waals surface area contributed by atoms with E-state index in [1.54, 1.807) is 24.3 Å². The minimum absolute atomic E-state index is 0.254. The first-order valence-corrected chi connectivity index (χ1v) is 7.64. The van der Waals surface area contributed by atoms with Gasteiger partial charge in [-0.15, -0.1) is 0 Å². The number of nitrogens with zero attached hydrogens (tertiary/aromatic N) is 1. The molecule has 1 heterocycles. The SMILES string of the molecule is O=Cc1cc(O[C@H]2[C@@H]3CCC[C@@H]32)nc(-c2ccc(F)cc2)c1. The average molecular weight is 297 g/mol. The van der Waals surface area contributed by atoms with E-state index in [4.69, 9.17) is 4.74 Å². The molecule has 3 nitrogen and oxygen atoms in total. The molecule has 0 spiro atoms. The second kappa shape index (κ2) is 5.20. The second-order valence-corrected chi connectivity index (χ2v) is 6.09. The molecular weight excluding hydrogens is 281 g/mol. The number of hydrogen-bond acceptors (Lipinski definition) is 3. The van der Waals surface area contributed by atoms with Crippen LogP contribution in [0.25, 0.3) is 11.3 Å². The molecule has 2 aromatic rings. The number of halogens is 1. The van der Waals surface area contributed by atoms with Crippen molar-refractivity contribution in [2.45, 2.75) is 25.4 Å². The van der Waals surface area contributed by atoms with Crippen LogP contribution < -0.4 is 4.74 Å². The molecule has 3 atom stereocenters. The van der Waals surface area contributed by atoms with Crippen LogP contribution in [0.2, 0.25) is 0 Å². The van der Waals surface area contributed by atoms with Gasteiger partial charge in [-0.25, -0.2) is 9.37 Å². The summed E-state index contributed by atoms with van der Waals surface area (Å²) in [5.74, 6) is 1.52. The van der Waals surface area contributed by atoms with E-state index in [0.717, 1.165) is 11.8 Å². The number of hydrogen-bond donors (Lipinski definition) is 0. The molecule has 2 aliphatic carbocycles. The lowest BCUT2D eigenvalue weighted by atomic mass is 10.1. The summed E-state index contributed by atoms with van der Waals surface area (Å²) in [4.78, 5) is 15.6. The maximum atomic E-state index is 13.0. The van der Waals surface area contributed by atoms with Crippen LogP contribution in [0.3, 0.4) is 0 Å². The van der Waals surface area contributed by atoms with Crippen molar-refractivity contribution in [3.05, 3.63) is 47.8 Å². The van der Waals surface area contributed by atoms with Crippen LogP contribution in [0.4, 0.5) is 4.39 Å². The molecule has 1 aromatic carbocycles. The first-order chi connectivity index (χ1) is 10.7. The third-order valence-electron chi connectivity index (χ3n) is 4.69. The molecule has 4 heteroatoms. The fraction of sp³-hybridized carbons (Fsp3) is 0.333. The predicted octanol–water partition coefficient (Wildman–Crippen LogP) is 3.88. The molecule has 112 valence electrons. The summed E-state index contributed by atoms with van der Waals surface area (Å²) in [5.41, 5.74) is 1.92. The van der Waals surface area contributed by atoms with Crippen LogP contribution in [0, 0.1) is 17.7 Å². The van der Waals surface area contributed by atoms with Gasteiger partial charge in [-0.3, -0.25) is 4.79 Å². The van der Waals surface area contributed by atoms with E-state index >= 15 is 0 Å². The number of benzene rings is 1. The van der Waals surface area contributed by atoms with Crippen molar-refractivity contribution in [2.24, 2.45) is 11.8 Å². The molecule has 0 saturated heterocycles. The summed E-state index contributed by atoms with van der Waals surface area (Å²) in [5, 5.41) is 0. The highest BCUT2D eigenvalue weighted by Gasteiger charge is 2.55. The van der Waals surface area contributed by atoms with Gasteiger partial charge in [0.05, 0.1) is 5.69 Å². The summed E-state index contributed by atoms with van der Waals surface area (Å²) in [7, 11) is 0. The van der Waals surface area contributed by atoms with Crippen LogP contribution in [-0.2, 0) is 0 Å². The van der Waals surface area contributed by atoms with Gasteiger partial charge in [-0.05, 0) is 43.2 Å². The topological polar surface area (TPSA) is 39.2 Å². The van der Waals surface area contributed by atoms with Gasteiger partial charge in [0, 0.05) is 29.0 Å². The van der Waals surface area contributed by atoms with Crippen molar-refractivity contribution in [1.82, 2.24) is 4.98 Å². The molecule has 0 bridgehead atoms. The van der Waals surface area contributed by atoms with Gasteiger partial charge < -0.3 is 4.74 Å². The standard InChI is InChI=1S/C18H16FNO2/c19-13-6-4-12(5-7-13)16-8-11(10-21)9-17(20-16)22-18-14-2-1-3-15(14)18/h4-10,14-15,18H,1-3H2/t14-,15+,18+. The Morgan fingerprint density at radius 1 is 1.14 bits per heavy atom. The number of aromatic nitrogens is 1. The minimum atomic E-state index is -0.294. The lowest BCUT2D eigenvalue weighted by Gasteiger charge is -2.10. The fourth-order valence-electron chi connectivity index (χ4n) is 3.49. The molecule has 1 aromatic heterocycles. The number of pyridine rings is 1. The second-order valence-electron chi connectivity index (χ2n) is 6.09. The Bertz CT molecular complexity index is 704. The van der Waals surface area contributed by atoms with E-state index in [9.17, 15) is 9.18 Å². The average Bonchev–Trinajstić information content (AvgIpc) is 2.97. The monoisotopic (exact) mass is 297 g/mol. The maximum Gasteiger partial charge on any atom is 0.214 e. The number of rotatable bonds is 4. The Balaban J connectivity index is 1.62. The Labute approximate surface area is 128 Å². The fourth-order valence-corrected chi connectivity index (χ4v) is 3.49. The molecule has 0 unspecified atom stereocenters. The van der Waals surface area contributed by atoms with Crippen molar-refractivity contribution in [3.63, 3.8) is 0 Å². The highest BCUT2D eigenvalue weighted by atomic mass is 19.1. The summed E-state index contributed by atoms with van der Waals surface area (Å²) < 4.78 is 19.0. The van der Waals surface area contributed by atoms with Crippen molar-refractivity contribution < 1.29 is 13.9 Å². The molecule has 0 N–H and O–H groups in total. The third-order valence-corrected chi connectivity index (χ3v) is 4.69. The largest absolute Gasteiger partial charge is 0.474 e. The molecular formula is C18H16FNO2. The highest BCUT2D eigenvalue weighted by Crippen LogP contribution is 2.53. The summed E-state index contributed by atoms with van der Waals surface area (Å²) >= 11 is 0. The molecule has 22 heavy (non-hydrogen) atoms. The molecule has 0 amide bonds. The minimum Gasteiger partial charge on any atom is -0.474 e. The lowest BCUT2D eigenvalue weighted by Crippen LogP contribution is -2.06. The summed E-state index contributed by atoms with van der Waals surface area (Å²) in [6.45, 7) is 0. The molecule has 0 aliphatic heterocycles. The van der Waals surface area contributed by atoms with E-state index < -0.39 is 0 Å². The van der Waals surface area contributed by atoms with Crippen molar-refractivity contribution in [2.75, 3.05) is 0 Å². The van der Waals surface area contributed by atoms with Gasteiger partial charge in [0.25, 0.3) is 0 Å². The lowest BCUT2D eigenvalue weighted by molar-refractivity contribution is 0.112. The van der Waals surface area contributed by atoms with E-state index in [-0.39, 0.29) is 11.9 Å². The van der Waals surface area contributed by atoms with Gasteiger partial charge >= 0.3 is 0 Å². The first-order valence-electron chi connectivity index (χ1n) is 7.64. The zero-order chi connectivity index (χ0) is 15.1. The summed E-state index contributed by atoms with van der Waals surface area (Å²) in [6.07, 6.45) is 4.79. The predicted molar refractivity (Wildman–Crippen MR) is 80.3 cm³/mol. The molecule has 2 saturated carbocycles. The van der Waals surface area contributed by atoms with Crippen molar-refractivity contribution in [3.8, 4) is 17.1 Å². The number of ether oxygens (including phenoxy) is 1. The first kappa shape index (κ1) is 13.4.